The number of aromatic nitrogens is 6. The molecule has 6 N–H and O–H groups in total. The van der Waals surface area contributed by atoms with Crippen LogP contribution in [-0.2, 0) is 13.1 Å². The van der Waals surface area contributed by atoms with Gasteiger partial charge in [0.15, 0.2) is 0 Å². The van der Waals surface area contributed by atoms with Crippen molar-refractivity contribution in [3.63, 3.8) is 0 Å². The molecule has 0 fully saturated rings. The second kappa shape index (κ2) is 14.9. The summed E-state index contributed by atoms with van der Waals surface area (Å²) >= 11 is 15.0. The molecule has 0 aliphatic rings. The quantitative estimate of drug-likeness (QED) is 0.198. The first-order chi connectivity index (χ1) is 17.0. The molecule has 37 heavy (non-hydrogen) atoms. The van der Waals surface area contributed by atoms with Crippen LogP contribution in [0.25, 0.3) is 11.3 Å². The molecule has 2 aromatic heterocycles. The minimum atomic E-state index is -1.51. The second-order valence-electron chi connectivity index (χ2n) is 7.52. The van der Waals surface area contributed by atoms with Crippen LogP contribution in [0.3, 0.4) is 0 Å². The van der Waals surface area contributed by atoms with Crippen molar-refractivity contribution in [3.05, 3.63) is 62.3 Å². The Morgan fingerprint density at radius 2 is 1.38 bits per heavy atom. The van der Waals surface area contributed by atoms with Gasteiger partial charge in [-0.1, -0.05) is 46.6 Å². The predicted octanol–water partition coefficient (Wildman–Crippen LogP) is 4.12. The normalized spacial score (nSPS) is 9.97. The first kappa shape index (κ1) is 32.4. The second-order valence-corrected chi connectivity index (χ2v) is 9.25. The summed E-state index contributed by atoms with van der Waals surface area (Å²) in [7, 11) is -1.51. The zero-order chi connectivity index (χ0) is 27.0. The highest BCUT2D eigenvalue weighted by atomic mass is 79.9. The maximum absolute atomic E-state index is 8.57. The molecular weight excluding hydrogens is 582 g/mol. The maximum Gasteiger partial charge on any atom is 0.511 e. The van der Waals surface area contributed by atoms with Gasteiger partial charge in [0.2, 0.25) is 0 Å². The molecule has 200 valence electrons. The van der Waals surface area contributed by atoms with E-state index in [-0.39, 0.29) is 13.0 Å². The number of nitrogens with two attached hydrogens (primary N) is 2. The minimum absolute atomic E-state index is 0. The molecule has 0 radical (unpaired) electrons. The highest BCUT2D eigenvalue weighted by Gasteiger charge is 2.14. The van der Waals surface area contributed by atoms with Gasteiger partial charge in [0.25, 0.3) is 0 Å². The molecule has 2 heterocycles. The van der Waals surface area contributed by atoms with Crippen LogP contribution in [0, 0.1) is 13.8 Å². The van der Waals surface area contributed by atoms with E-state index in [2.05, 4.69) is 36.3 Å². The van der Waals surface area contributed by atoms with Gasteiger partial charge in [-0.05, 0) is 63.1 Å². The van der Waals surface area contributed by atoms with Crippen LogP contribution < -0.4 is 17.1 Å². The van der Waals surface area contributed by atoms with Crippen molar-refractivity contribution in [1.29, 1.82) is 0 Å². The number of nitrogens with zero attached hydrogens (tertiary/aromatic N) is 6. The summed E-state index contributed by atoms with van der Waals surface area (Å²) in [6.07, 6.45) is 3.05. The standard InChI is InChI=1S/C11H13ClN4.C7H7BrClN.C4H8BN3O2.CH4/c1-3-16-14-6-11(15-16)9-4-8(12)5-10(13)7(9)2;1-4-6(8)2-5(9)3-7(4)10;1-2-8-6-3-4(7-8)5(9)10;/h4-6H,3,13H2,1-2H3;2-3H,10H2,1H3;3,9-10H,2H2,1H3;1H4. The van der Waals surface area contributed by atoms with Crippen LogP contribution in [-0.4, -0.2) is 47.2 Å². The topological polar surface area (TPSA) is 154 Å². The molecule has 2 aromatic carbocycles. The summed E-state index contributed by atoms with van der Waals surface area (Å²) < 4.78 is 0.956. The molecule has 0 atom stereocenters. The maximum atomic E-state index is 8.57. The summed E-state index contributed by atoms with van der Waals surface area (Å²) in [5, 5.41) is 34.4. The molecule has 0 saturated carbocycles. The summed E-state index contributed by atoms with van der Waals surface area (Å²) in [5.41, 5.74) is 16.8. The zero-order valence-corrected chi connectivity index (χ0v) is 23.4. The number of nitrogen functional groups attached to an aromatic ring is 2. The predicted molar refractivity (Wildman–Crippen MR) is 156 cm³/mol. The number of benzene rings is 2. The Labute approximate surface area is 235 Å². The van der Waals surface area contributed by atoms with E-state index < -0.39 is 7.12 Å². The third kappa shape index (κ3) is 9.31. The largest absolute Gasteiger partial charge is 0.511 e. The van der Waals surface area contributed by atoms with Gasteiger partial charge >= 0.3 is 7.12 Å². The molecule has 0 aliphatic heterocycles. The van der Waals surface area contributed by atoms with Gasteiger partial charge in [0.1, 0.15) is 11.3 Å². The van der Waals surface area contributed by atoms with Crippen molar-refractivity contribution in [1.82, 2.24) is 30.0 Å². The first-order valence-corrected chi connectivity index (χ1v) is 12.4. The van der Waals surface area contributed by atoms with Gasteiger partial charge in [0, 0.05) is 31.5 Å². The van der Waals surface area contributed by atoms with Crippen molar-refractivity contribution in [2.45, 2.75) is 48.2 Å². The summed E-state index contributed by atoms with van der Waals surface area (Å²) in [6, 6.07) is 7.16. The van der Waals surface area contributed by atoms with Crippen LogP contribution in [0.2, 0.25) is 10.0 Å². The lowest BCUT2D eigenvalue weighted by molar-refractivity contribution is 0.423. The molecule has 0 amide bonds. The highest BCUT2D eigenvalue weighted by Crippen LogP contribution is 2.29. The third-order valence-corrected chi connectivity index (χ3v) is 6.22. The number of hydrogen-bond acceptors (Lipinski definition) is 8. The number of hydrogen-bond donors (Lipinski definition) is 4. The van der Waals surface area contributed by atoms with Crippen molar-refractivity contribution in [2.24, 2.45) is 0 Å². The fraction of sp³-hybridized carbons (Fsp3) is 0.304. The van der Waals surface area contributed by atoms with Gasteiger partial charge in [0.05, 0.1) is 25.5 Å². The van der Waals surface area contributed by atoms with E-state index in [9.17, 15) is 0 Å². The minimum Gasteiger partial charge on any atom is -0.422 e. The smallest absolute Gasteiger partial charge is 0.422 e. The van der Waals surface area contributed by atoms with Crippen molar-refractivity contribution in [3.8, 4) is 11.3 Å². The van der Waals surface area contributed by atoms with E-state index in [1.165, 1.54) is 11.0 Å². The molecule has 10 nitrogen and oxygen atoms in total. The average molecular weight is 614 g/mol. The fourth-order valence-electron chi connectivity index (χ4n) is 2.79. The van der Waals surface area contributed by atoms with E-state index in [1.807, 2.05) is 39.8 Å². The molecule has 0 bridgehead atoms. The van der Waals surface area contributed by atoms with E-state index in [0.29, 0.717) is 22.3 Å². The molecule has 4 aromatic rings. The number of rotatable bonds is 4. The van der Waals surface area contributed by atoms with Gasteiger partial charge in [-0.25, -0.2) is 0 Å². The Hall–Kier alpha value is -2.64. The number of anilines is 2. The number of aryl methyl sites for hydroxylation is 2. The molecule has 4 rings (SSSR count). The van der Waals surface area contributed by atoms with E-state index in [1.54, 1.807) is 23.1 Å². The Bertz CT molecular complexity index is 1280. The van der Waals surface area contributed by atoms with Crippen LogP contribution in [0.15, 0.2) is 41.1 Å². The van der Waals surface area contributed by atoms with Gasteiger partial charge < -0.3 is 21.5 Å². The third-order valence-electron chi connectivity index (χ3n) is 4.96. The van der Waals surface area contributed by atoms with Crippen LogP contribution in [0.1, 0.15) is 32.4 Å². The van der Waals surface area contributed by atoms with Crippen LogP contribution in [0.5, 0.6) is 0 Å². The monoisotopic (exact) mass is 612 g/mol. The van der Waals surface area contributed by atoms with E-state index in [0.717, 1.165) is 39.1 Å². The van der Waals surface area contributed by atoms with Crippen molar-refractivity contribution < 1.29 is 10.0 Å². The molecule has 0 unspecified atom stereocenters. The Balaban J connectivity index is 0.000000287. The van der Waals surface area contributed by atoms with Crippen molar-refractivity contribution >= 4 is 63.2 Å². The van der Waals surface area contributed by atoms with Gasteiger partial charge in [-0.3, -0.25) is 0 Å². The Morgan fingerprint density at radius 3 is 1.84 bits per heavy atom. The van der Waals surface area contributed by atoms with Crippen LogP contribution in [0.4, 0.5) is 11.4 Å². The Morgan fingerprint density at radius 1 is 0.865 bits per heavy atom. The Kier molecular flexibility index (Phi) is 13.1. The lowest BCUT2D eigenvalue weighted by atomic mass is 9.87. The van der Waals surface area contributed by atoms with Gasteiger partial charge in [-0.2, -0.15) is 30.0 Å². The number of halogens is 3. The van der Waals surface area contributed by atoms with E-state index >= 15 is 0 Å². The molecular formula is C23H32BBrCl2N8O2. The fourth-order valence-corrected chi connectivity index (χ4v) is 3.85. The molecule has 0 saturated heterocycles. The summed E-state index contributed by atoms with van der Waals surface area (Å²) in [6.45, 7) is 9.13. The lowest BCUT2D eigenvalue weighted by Gasteiger charge is -2.06. The average Bonchev–Trinajstić information content (AvgIpc) is 3.50. The molecule has 14 heteroatoms. The molecule has 0 aliphatic carbocycles. The summed E-state index contributed by atoms with van der Waals surface area (Å²) in [5.74, 6) is 0. The zero-order valence-electron chi connectivity index (χ0n) is 20.3. The van der Waals surface area contributed by atoms with Crippen LogP contribution >= 0.6 is 39.1 Å². The SMILES string of the molecule is C.CCn1ncc(-c2cc(Cl)cc(N)c2C)n1.CCn1ncc(B(O)O)n1.Cc1c(N)cc(Cl)cc1Br. The van der Waals surface area contributed by atoms with Gasteiger partial charge in [-0.15, -0.1) is 0 Å². The summed E-state index contributed by atoms with van der Waals surface area (Å²) in [4.78, 5) is 3.01. The molecule has 0 spiro atoms. The lowest BCUT2D eigenvalue weighted by Crippen LogP contribution is -2.31. The first-order valence-electron chi connectivity index (χ1n) is 10.9. The highest BCUT2D eigenvalue weighted by molar-refractivity contribution is 9.10. The van der Waals surface area contributed by atoms with E-state index in [4.69, 9.17) is 44.7 Å². The van der Waals surface area contributed by atoms with Crippen molar-refractivity contribution in [2.75, 3.05) is 11.5 Å².